The zero-order valence-corrected chi connectivity index (χ0v) is 10.5. The number of phenolic OH excluding ortho intramolecular Hbond substituents is 1. The third kappa shape index (κ3) is 3.45. The Kier molecular flexibility index (Phi) is 5.04. The van der Waals surface area contributed by atoms with Crippen molar-refractivity contribution in [3.8, 4) is 5.75 Å². The number of hydrogen-bond acceptors (Lipinski definition) is 5. The van der Waals surface area contributed by atoms with Gasteiger partial charge in [0.25, 0.3) is 5.91 Å². The van der Waals surface area contributed by atoms with Crippen LogP contribution in [0.4, 0.5) is 5.69 Å². The fourth-order valence-electron chi connectivity index (χ4n) is 1.51. The van der Waals surface area contributed by atoms with Gasteiger partial charge in [-0.3, -0.25) is 9.59 Å². The van der Waals surface area contributed by atoms with E-state index in [4.69, 9.17) is 5.11 Å². The maximum atomic E-state index is 11.9. The zero-order chi connectivity index (χ0) is 15.3. The van der Waals surface area contributed by atoms with Crippen molar-refractivity contribution in [1.82, 2.24) is 5.32 Å². The second-order valence-corrected chi connectivity index (χ2v) is 3.99. The van der Waals surface area contributed by atoms with Gasteiger partial charge in [-0.1, -0.05) is 6.07 Å². The Morgan fingerprint density at radius 3 is 2.50 bits per heavy atom. The van der Waals surface area contributed by atoms with Crippen LogP contribution >= 0.6 is 0 Å². The van der Waals surface area contributed by atoms with Crippen LogP contribution in [0.25, 0.3) is 0 Å². The molecule has 1 rings (SSSR count). The number of rotatable bonds is 6. The summed E-state index contributed by atoms with van der Waals surface area (Å²) in [5.41, 5.74) is -0.208. The van der Waals surface area contributed by atoms with Crippen LogP contribution < -0.4 is 10.6 Å². The number of aliphatic hydroxyl groups excluding tert-OH is 1. The lowest BCUT2D eigenvalue weighted by molar-refractivity contribution is -0.141. The minimum atomic E-state index is -1.51. The van der Waals surface area contributed by atoms with Gasteiger partial charge in [-0.25, -0.2) is 4.79 Å². The average molecular weight is 282 g/mol. The molecule has 8 heteroatoms. The van der Waals surface area contributed by atoms with E-state index < -0.39 is 29.8 Å². The minimum Gasteiger partial charge on any atom is -0.505 e. The molecule has 5 N–H and O–H groups in total. The van der Waals surface area contributed by atoms with Crippen molar-refractivity contribution in [2.24, 2.45) is 0 Å². The van der Waals surface area contributed by atoms with Gasteiger partial charge in [0.2, 0.25) is 6.41 Å². The molecule has 0 fully saturated rings. The van der Waals surface area contributed by atoms with Crippen LogP contribution in [0.15, 0.2) is 18.2 Å². The van der Waals surface area contributed by atoms with E-state index in [0.29, 0.717) is 6.41 Å². The first-order valence-corrected chi connectivity index (χ1v) is 5.62. The van der Waals surface area contributed by atoms with E-state index in [0.717, 1.165) is 0 Å². The lowest BCUT2D eigenvalue weighted by Crippen LogP contribution is -2.47. The maximum absolute atomic E-state index is 11.9. The number of nitrogens with one attached hydrogen (secondary N) is 2. The summed E-state index contributed by atoms with van der Waals surface area (Å²) in [6, 6.07) is 2.51. The monoisotopic (exact) mass is 282 g/mol. The van der Waals surface area contributed by atoms with Crippen molar-refractivity contribution in [3.05, 3.63) is 23.8 Å². The molecule has 0 radical (unpaired) electrons. The van der Waals surface area contributed by atoms with Gasteiger partial charge in [-0.2, -0.15) is 0 Å². The Balaban J connectivity index is 3.00. The first-order valence-electron chi connectivity index (χ1n) is 5.62. The molecule has 0 saturated carbocycles. The third-order valence-electron chi connectivity index (χ3n) is 2.53. The van der Waals surface area contributed by atoms with Crippen LogP contribution in [0.3, 0.4) is 0 Å². The molecule has 2 amide bonds. The lowest BCUT2D eigenvalue weighted by atomic mass is 10.1. The summed E-state index contributed by atoms with van der Waals surface area (Å²) in [4.78, 5) is 33.1. The van der Waals surface area contributed by atoms with E-state index in [9.17, 15) is 24.6 Å². The fourth-order valence-corrected chi connectivity index (χ4v) is 1.51. The van der Waals surface area contributed by atoms with Crippen molar-refractivity contribution in [1.29, 1.82) is 0 Å². The molecule has 108 valence electrons. The molecule has 0 bridgehead atoms. The number of phenols is 1. The Morgan fingerprint density at radius 1 is 1.35 bits per heavy atom. The molecule has 1 aromatic rings. The van der Waals surface area contributed by atoms with E-state index in [2.05, 4.69) is 10.6 Å². The number of carbonyl (C=O) groups is 3. The molecule has 8 nitrogen and oxygen atoms in total. The Morgan fingerprint density at radius 2 is 2.00 bits per heavy atom. The lowest BCUT2D eigenvalue weighted by Gasteiger charge is -2.17. The molecule has 0 heterocycles. The molecule has 1 aromatic carbocycles. The number of benzene rings is 1. The molecule has 0 aliphatic carbocycles. The highest BCUT2D eigenvalue weighted by molar-refractivity contribution is 6.01. The van der Waals surface area contributed by atoms with Crippen LogP contribution in [0.5, 0.6) is 5.75 Å². The van der Waals surface area contributed by atoms with Gasteiger partial charge in [0, 0.05) is 0 Å². The summed E-state index contributed by atoms with van der Waals surface area (Å²) >= 11 is 0. The molecule has 20 heavy (non-hydrogen) atoms. The molecule has 0 unspecified atom stereocenters. The minimum absolute atomic E-state index is 0.0107. The summed E-state index contributed by atoms with van der Waals surface area (Å²) in [6.45, 7) is 1.21. The van der Waals surface area contributed by atoms with E-state index in [1.54, 1.807) is 0 Å². The first-order chi connectivity index (χ1) is 9.38. The van der Waals surface area contributed by atoms with E-state index in [1.165, 1.54) is 25.1 Å². The van der Waals surface area contributed by atoms with Crippen molar-refractivity contribution >= 4 is 24.0 Å². The van der Waals surface area contributed by atoms with Gasteiger partial charge in [-0.15, -0.1) is 0 Å². The van der Waals surface area contributed by atoms with Crippen LogP contribution in [0, 0.1) is 0 Å². The van der Waals surface area contributed by atoms with Gasteiger partial charge in [-0.05, 0) is 19.1 Å². The number of hydrogen-bond donors (Lipinski definition) is 5. The molecule has 0 saturated heterocycles. The molecule has 2 atom stereocenters. The number of carboxylic acid groups (broad SMARTS) is 1. The first kappa shape index (κ1) is 15.4. The van der Waals surface area contributed by atoms with Crippen LogP contribution in [0.2, 0.25) is 0 Å². The van der Waals surface area contributed by atoms with Crippen molar-refractivity contribution in [2.75, 3.05) is 5.32 Å². The Hall–Kier alpha value is -2.61. The molecule has 0 aliphatic heterocycles. The summed E-state index contributed by atoms with van der Waals surface area (Å²) in [6.07, 6.45) is -0.984. The van der Waals surface area contributed by atoms with Gasteiger partial charge < -0.3 is 26.0 Å². The van der Waals surface area contributed by atoms with Crippen LogP contribution in [-0.2, 0) is 9.59 Å². The second kappa shape index (κ2) is 6.53. The van der Waals surface area contributed by atoms with Gasteiger partial charge in [0.05, 0.1) is 17.4 Å². The van der Waals surface area contributed by atoms with Crippen LogP contribution in [0.1, 0.15) is 17.3 Å². The van der Waals surface area contributed by atoms with Gasteiger partial charge in [0.1, 0.15) is 0 Å². The van der Waals surface area contributed by atoms with E-state index in [1.807, 2.05) is 0 Å². The zero-order valence-electron chi connectivity index (χ0n) is 10.5. The van der Waals surface area contributed by atoms with Gasteiger partial charge in [0.15, 0.2) is 11.8 Å². The quantitative estimate of drug-likeness (QED) is 0.353. The normalized spacial score (nSPS) is 13.1. The number of para-hydroxylation sites is 1. The molecular weight excluding hydrogens is 268 g/mol. The third-order valence-corrected chi connectivity index (χ3v) is 2.53. The largest absolute Gasteiger partial charge is 0.505 e. The highest BCUT2D eigenvalue weighted by atomic mass is 16.4. The van der Waals surface area contributed by atoms with E-state index in [-0.39, 0.29) is 11.3 Å². The number of carbonyl (C=O) groups excluding carboxylic acids is 2. The molecule has 0 aromatic heterocycles. The predicted octanol–water partition coefficient (Wildman–Crippen LogP) is -0.476. The summed E-state index contributed by atoms with van der Waals surface area (Å²) in [5.74, 6) is -2.79. The standard InChI is InChI=1S/C12H14N2O6/c1-6(16)9(12(19)20)14-11(18)7-3-2-4-8(10(7)17)13-5-15/h2-6,9,16-17H,1H3,(H,13,15)(H,14,18)(H,19,20)/t6-,9+/m1/s1. The number of aliphatic hydroxyl groups is 1. The van der Waals surface area contributed by atoms with Gasteiger partial charge >= 0.3 is 5.97 Å². The number of amides is 2. The molecular formula is C12H14N2O6. The van der Waals surface area contributed by atoms with Crippen molar-refractivity contribution < 1.29 is 29.7 Å². The predicted molar refractivity (Wildman–Crippen MR) is 68.4 cm³/mol. The number of aliphatic carboxylic acids is 1. The Bertz CT molecular complexity index is 529. The van der Waals surface area contributed by atoms with Crippen molar-refractivity contribution in [3.63, 3.8) is 0 Å². The highest BCUT2D eigenvalue weighted by Crippen LogP contribution is 2.26. The average Bonchev–Trinajstić information content (AvgIpc) is 2.37. The fraction of sp³-hybridized carbons (Fsp3) is 0.250. The topological polar surface area (TPSA) is 136 Å². The SMILES string of the molecule is C[C@@H](O)[C@H](NC(=O)c1cccc(NC=O)c1O)C(=O)O. The summed E-state index contributed by atoms with van der Waals surface area (Å²) in [5, 5.41) is 32.2. The Labute approximate surface area is 114 Å². The molecule has 0 spiro atoms. The van der Waals surface area contributed by atoms with Crippen molar-refractivity contribution in [2.45, 2.75) is 19.1 Å². The smallest absolute Gasteiger partial charge is 0.328 e. The summed E-state index contributed by atoms with van der Waals surface area (Å²) in [7, 11) is 0. The second-order valence-electron chi connectivity index (χ2n) is 3.99. The number of aromatic hydroxyl groups is 1. The number of anilines is 1. The number of carboxylic acids is 1. The van der Waals surface area contributed by atoms with E-state index >= 15 is 0 Å². The summed E-state index contributed by atoms with van der Waals surface area (Å²) < 4.78 is 0. The molecule has 0 aliphatic rings. The van der Waals surface area contributed by atoms with Crippen LogP contribution in [-0.4, -0.2) is 45.8 Å². The maximum Gasteiger partial charge on any atom is 0.328 e. The highest BCUT2D eigenvalue weighted by Gasteiger charge is 2.26.